The van der Waals surface area contributed by atoms with Gasteiger partial charge in [0.25, 0.3) is 0 Å². The standard InChI is InChI=1S/C46H28S/c1-2-6-34-25-36(17-13-29(34)5-1)39-22-21-37-26-35(19-20-38(37)27-39)30-9-11-31(12-10-30)40-18-15-32-14-16-33-23-24-42-41-7-3-4-8-44(41)47-46(42)45(33)43(32)28-40/h1-28H. The molecule has 0 saturated heterocycles. The fourth-order valence-electron chi connectivity index (χ4n) is 7.33. The second kappa shape index (κ2) is 10.4. The second-order valence-corrected chi connectivity index (χ2v) is 13.6. The highest BCUT2D eigenvalue weighted by Crippen LogP contribution is 2.42. The van der Waals surface area contributed by atoms with Crippen LogP contribution in [0.4, 0.5) is 0 Å². The molecule has 1 heteroatoms. The predicted octanol–water partition coefficient (Wildman–Crippen LogP) is 13.7. The van der Waals surface area contributed by atoms with Gasteiger partial charge in [0.05, 0.1) is 0 Å². The summed E-state index contributed by atoms with van der Waals surface area (Å²) < 4.78 is 2.72. The summed E-state index contributed by atoms with van der Waals surface area (Å²) in [5.74, 6) is 0. The first-order valence-electron chi connectivity index (χ1n) is 16.2. The smallest absolute Gasteiger partial charge is 0.0440 e. The number of thiophene rings is 1. The van der Waals surface area contributed by atoms with Crippen LogP contribution >= 0.6 is 11.3 Å². The largest absolute Gasteiger partial charge is 0.135 e. The third-order valence-corrected chi connectivity index (χ3v) is 11.0. The third kappa shape index (κ3) is 4.35. The normalized spacial score (nSPS) is 11.8. The van der Waals surface area contributed by atoms with E-state index in [9.17, 15) is 0 Å². The van der Waals surface area contributed by atoms with Crippen molar-refractivity contribution in [3.05, 3.63) is 170 Å². The molecule has 0 aliphatic heterocycles. The van der Waals surface area contributed by atoms with Crippen LogP contribution in [0.5, 0.6) is 0 Å². The molecule has 0 aliphatic rings. The molecule has 0 amide bonds. The Bertz CT molecular complexity index is 2830. The van der Waals surface area contributed by atoms with Gasteiger partial charge in [-0.1, -0.05) is 140 Å². The van der Waals surface area contributed by atoms with E-state index in [1.54, 1.807) is 0 Å². The van der Waals surface area contributed by atoms with Crippen molar-refractivity contribution in [2.45, 2.75) is 0 Å². The molecule has 1 heterocycles. The maximum atomic E-state index is 2.39. The maximum absolute atomic E-state index is 2.39. The van der Waals surface area contributed by atoms with E-state index in [1.807, 2.05) is 11.3 Å². The number of benzene rings is 9. The van der Waals surface area contributed by atoms with Crippen molar-refractivity contribution >= 4 is 74.6 Å². The molecular weight excluding hydrogens is 585 g/mol. The van der Waals surface area contributed by atoms with E-state index >= 15 is 0 Å². The fraction of sp³-hybridized carbons (Fsp3) is 0. The highest BCUT2D eigenvalue weighted by atomic mass is 32.1. The molecule has 0 fully saturated rings. The summed E-state index contributed by atoms with van der Waals surface area (Å²) in [7, 11) is 0. The Morgan fingerprint density at radius 3 is 1.47 bits per heavy atom. The molecule has 218 valence electrons. The van der Waals surface area contributed by atoms with Gasteiger partial charge in [0.2, 0.25) is 0 Å². The molecular formula is C46H28S. The average molecular weight is 613 g/mol. The lowest BCUT2D eigenvalue weighted by atomic mass is 9.94. The molecule has 0 aliphatic carbocycles. The van der Waals surface area contributed by atoms with Crippen LogP contribution in [0.2, 0.25) is 0 Å². The van der Waals surface area contributed by atoms with Crippen LogP contribution in [0.25, 0.3) is 96.6 Å². The topological polar surface area (TPSA) is 0 Å². The van der Waals surface area contributed by atoms with Crippen molar-refractivity contribution in [2.75, 3.05) is 0 Å². The lowest BCUT2D eigenvalue weighted by Gasteiger charge is -2.10. The Balaban J connectivity index is 1.00. The molecule has 9 aromatic carbocycles. The molecule has 0 nitrogen and oxygen atoms in total. The first kappa shape index (κ1) is 26.5. The number of rotatable bonds is 3. The maximum Gasteiger partial charge on any atom is 0.0440 e. The van der Waals surface area contributed by atoms with Gasteiger partial charge < -0.3 is 0 Å². The number of hydrogen-bond donors (Lipinski definition) is 0. The fourth-order valence-corrected chi connectivity index (χ4v) is 8.60. The molecule has 0 saturated carbocycles. The molecule has 0 atom stereocenters. The summed E-state index contributed by atoms with van der Waals surface area (Å²) in [6, 6.07) is 62.8. The van der Waals surface area contributed by atoms with Crippen LogP contribution in [0, 0.1) is 0 Å². The monoisotopic (exact) mass is 612 g/mol. The van der Waals surface area contributed by atoms with Crippen molar-refractivity contribution < 1.29 is 0 Å². The van der Waals surface area contributed by atoms with Gasteiger partial charge in [0, 0.05) is 25.6 Å². The molecule has 10 rings (SSSR count). The first-order chi connectivity index (χ1) is 23.2. The average Bonchev–Trinajstić information content (AvgIpc) is 3.53. The van der Waals surface area contributed by atoms with Crippen LogP contribution in [0.3, 0.4) is 0 Å². The van der Waals surface area contributed by atoms with Gasteiger partial charge >= 0.3 is 0 Å². The Hall–Kier alpha value is -5.76. The molecule has 10 aromatic rings. The highest BCUT2D eigenvalue weighted by molar-refractivity contribution is 7.26. The first-order valence-corrected chi connectivity index (χ1v) is 17.0. The van der Waals surface area contributed by atoms with Gasteiger partial charge in [0.1, 0.15) is 0 Å². The predicted molar refractivity (Wildman–Crippen MR) is 206 cm³/mol. The van der Waals surface area contributed by atoms with Crippen molar-refractivity contribution in [3.63, 3.8) is 0 Å². The summed E-state index contributed by atoms with van der Waals surface area (Å²) in [6.45, 7) is 0. The van der Waals surface area contributed by atoms with Crippen molar-refractivity contribution in [1.29, 1.82) is 0 Å². The van der Waals surface area contributed by atoms with Crippen molar-refractivity contribution in [2.24, 2.45) is 0 Å². The van der Waals surface area contributed by atoms with Gasteiger partial charge in [-0.3, -0.25) is 0 Å². The van der Waals surface area contributed by atoms with E-state index in [2.05, 4.69) is 170 Å². The SMILES string of the molecule is c1ccc2cc(-c3ccc4cc(-c5ccc(-c6ccc7ccc8ccc9c%10ccccc%10sc9c8c7c6)cc5)ccc4c3)ccc2c1. The van der Waals surface area contributed by atoms with Gasteiger partial charge in [-0.2, -0.15) is 0 Å². The number of fused-ring (bicyclic) bond motifs is 9. The Morgan fingerprint density at radius 1 is 0.277 bits per heavy atom. The summed E-state index contributed by atoms with van der Waals surface area (Å²) in [5, 5.41) is 13.0. The second-order valence-electron chi connectivity index (χ2n) is 12.6. The van der Waals surface area contributed by atoms with Gasteiger partial charge in [-0.15, -0.1) is 11.3 Å². The van der Waals surface area contributed by atoms with Crippen LogP contribution < -0.4 is 0 Å². The van der Waals surface area contributed by atoms with Gasteiger partial charge in [0.15, 0.2) is 0 Å². The van der Waals surface area contributed by atoms with Crippen LogP contribution in [-0.4, -0.2) is 0 Å². The lowest BCUT2D eigenvalue weighted by molar-refractivity contribution is 1.61. The minimum Gasteiger partial charge on any atom is -0.135 e. The van der Waals surface area contributed by atoms with E-state index in [1.165, 1.54) is 96.6 Å². The Labute approximate surface area is 276 Å². The van der Waals surface area contributed by atoms with E-state index in [-0.39, 0.29) is 0 Å². The molecule has 47 heavy (non-hydrogen) atoms. The molecule has 0 radical (unpaired) electrons. The molecule has 0 unspecified atom stereocenters. The highest BCUT2D eigenvalue weighted by Gasteiger charge is 2.12. The zero-order chi connectivity index (χ0) is 30.9. The van der Waals surface area contributed by atoms with E-state index in [0.717, 1.165) is 0 Å². The minimum absolute atomic E-state index is 1.23. The molecule has 1 aromatic heterocycles. The summed E-state index contributed by atoms with van der Waals surface area (Å²) in [5.41, 5.74) is 7.44. The van der Waals surface area contributed by atoms with E-state index in [4.69, 9.17) is 0 Å². The lowest BCUT2D eigenvalue weighted by Crippen LogP contribution is -1.84. The van der Waals surface area contributed by atoms with Crippen LogP contribution in [0.15, 0.2) is 170 Å². The van der Waals surface area contributed by atoms with Gasteiger partial charge in [-0.25, -0.2) is 0 Å². The van der Waals surface area contributed by atoms with Crippen molar-refractivity contribution in [1.82, 2.24) is 0 Å². The third-order valence-electron chi connectivity index (χ3n) is 9.82. The number of hydrogen-bond acceptors (Lipinski definition) is 1. The zero-order valence-electron chi connectivity index (χ0n) is 25.6. The molecule has 0 N–H and O–H groups in total. The van der Waals surface area contributed by atoms with E-state index in [0.29, 0.717) is 0 Å². The molecule has 0 spiro atoms. The summed E-state index contributed by atoms with van der Waals surface area (Å²) in [6.07, 6.45) is 0. The zero-order valence-corrected chi connectivity index (χ0v) is 26.4. The minimum atomic E-state index is 1.23. The van der Waals surface area contributed by atoms with E-state index < -0.39 is 0 Å². The van der Waals surface area contributed by atoms with Crippen LogP contribution in [-0.2, 0) is 0 Å². The molecule has 0 bridgehead atoms. The van der Waals surface area contributed by atoms with Crippen molar-refractivity contribution in [3.8, 4) is 33.4 Å². The van der Waals surface area contributed by atoms with Crippen LogP contribution in [0.1, 0.15) is 0 Å². The quantitative estimate of drug-likeness (QED) is 0.174. The summed E-state index contributed by atoms with van der Waals surface area (Å²) in [4.78, 5) is 0. The Kier molecular flexibility index (Phi) is 5.85. The Morgan fingerprint density at radius 2 is 0.745 bits per heavy atom. The summed E-state index contributed by atoms with van der Waals surface area (Å²) >= 11 is 1.91. The van der Waals surface area contributed by atoms with Gasteiger partial charge in [-0.05, 0) is 101 Å².